The highest BCUT2D eigenvalue weighted by Gasteiger charge is 2.45. The van der Waals surface area contributed by atoms with E-state index in [2.05, 4.69) is 0 Å². The van der Waals surface area contributed by atoms with Crippen LogP contribution in [0.15, 0.2) is 0 Å². The molecule has 0 aromatic heterocycles. The maximum Gasteiger partial charge on any atom is 0.411 e. The number of benzene rings is 1. The summed E-state index contributed by atoms with van der Waals surface area (Å²) in [6, 6.07) is -0.633. The summed E-state index contributed by atoms with van der Waals surface area (Å²) in [4.78, 5) is 13.6. The van der Waals surface area contributed by atoms with E-state index in [0.29, 0.717) is 12.8 Å². The summed E-state index contributed by atoms with van der Waals surface area (Å²) in [5.74, 6) is -11.7. The van der Waals surface area contributed by atoms with Crippen LogP contribution in [0.3, 0.4) is 0 Å². The Morgan fingerprint density at radius 2 is 1.46 bits per heavy atom. The van der Waals surface area contributed by atoms with Gasteiger partial charge in [0.15, 0.2) is 11.3 Å². The molecule has 144 valence electrons. The van der Waals surface area contributed by atoms with Crippen molar-refractivity contribution in [3.63, 3.8) is 0 Å². The van der Waals surface area contributed by atoms with Gasteiger partial charge in [-0.1, -0.05) is 11.6 Å². The van der Waals surface area contributed by atoms with Crippen molar-refractivity contribution >= 4 is 17.7 Å². The molecule has 2 heterocycles. The molecule has 0 saturated carbocycles. The van der Waals surface area contributed by atoms with E-state index in [9.17, 15) is 26.7 Å². The minimum atomic E-state index is -2.24. The highest BCUT2D eigenvalue weighted by atomic mass is 35.5. The molecule has 0 aliphatic carbocycles. The van der Waals surface area contributed by atoms with Crippen LogP contribution in [0, 0.1) is 29.1 Å². The topological polar surface area (TPSA) is 38.8 Å². The van der Waals surface area contributed by atoms with Crippen LogP contribution in [0.5, 0.6) is 5.75 Å². The third-order valence-electron chi connectivity index (χ3n) is 4.62. The number of halogens is 6. The van der Waals surface area contributed by atoms with Crippen LogP contribution in [-0.2, 0) is 4.74 Å². The number of alkyl halides is 1. The zero-order chi connectivity index (χ0) is 19.2. The number of piperidine rings is 1. The first-order valence-corrected chi connectivity index (χ1v) is 8.45. The van der Waals surface area contributed by atoms with E-state index in [-0.39, 0.29) is 24.9 Å². The maximum absolute atomic E-state index is 13.8. The summed E-state index contributed by atoms with van der Waals surface area (Å²) < 4.78 is 77.3. The van der Waals surface area contributed by atoms with Crippen LogP contribution >= 0.6 is 11.6 Å². The van der Waals surface area contributed by atoms with Gasteiger partial charge >= 0.3 is 6.09 Å². The van der Waals surface area contributed by atoms with Crippen molar-refractivity contribution in [2.45, 2.75) is 56.4 Å². The molecule has 0 spiro atoms. The van der Waals surface area contributed by atoms with Crippen molar-refractivity contribution in [2.24, 2.45) is 0 Å². The molecule has 10 heteroatoms. The largest absolute Gasteiger partial charge is 0.484 e. The summed E-state index contributed by atoms with van der Waals surface area (Å²) in [7, 11) is 0. The van der Waals surface area contributed by atoms with E-state index in [1.54, 1.807) is 0 Å². The van der Waals surface area contributed by atoms with Crippen molar-refractivity contribution in [2.75, 3.05) is 0 Å². The van der Waals surface area contributed by atoms with E-state index in [0.717, 1.165) is 0 Å². The molecule has 4 nitrogen and oxygen atoms in total. The van der Waals surface area contributed by atoms with Crippen LogP contribution in [0.1, 0.15) is 32.6 Å². The van der Waals surface area contributed by atoms with Crippen molar-refractivity contribution in [3.05, 3.63) is 29.1 Å². The average Bonchev–Trinajstić information content (AvgIpc) is 2.86. The summed E-state index contributed by atoms with van der Waals surface area (Å²) >= 11 is 5.64. The normalized spacial score (nSPS) is 26.0. The van der Waals surface area contributed by atoms with E-state index >= 15 is 0 Å². The quantitative estimate of drug-likeness (QED) is 0.325. The molecule has 2 aliphatic heterocycles. The Hall–Kier alpha value is -1.77. The molecule has 26 heavy (non-hydrogen) atoms. The van der Waals surface area contributed by atoms with Gasteiger partial charge in [-0.15, -0.1) is 0 Å². The Balaban J connectivity index is 1.76. The first-order chi connectivity index (χ1) is 12.2. The van der Waals surface area contributed by atoms with Gasteiger partial charge < -0.3 is 14.4 Å². The second-order valence-electron chi connectivity index (χ2n) is 6.33. The Morgan fingerprint density at radius 1 is 1.00 bits per heavy atom. The fourth-order valence-corrected chi connectivity index (χ4v) is 3.65. The Labute approximate surface area is 150 Å². The first kappa shape index (κ1) is 19.0. The molecule has 2 saturated heterocycles. The molecule has 0 radical (unpaired) electrons. The molecular formula is C16H15ClF5NO3. The minimum absolute atomic E-state index is 0.182. The number of carbonyl (C=O) groups is 1. The number of hydrogen-bond donors (Lipinski definition) is 0. The Kier molecular flexibility index (Phi) is 5.18. The average molecular weight is 400 g/mol. The van der Waals surface area contributed by atoms with Gasteiger partial charge in [0.1, 0.15) is 6.10 Å². The Bertz CT molecular complexity index is 689. The lowest BCUT2D eigenvalue weighted by molar-refractivity contribution is 0.0274. The first-order valence-electron chi connectivity index (χ1n) is 8.01. The van der Waals surface area contributed by atoms with Gasteiger partial charge in [0.05, 0.1) is 0 Å². The van der Waals surface area contributed by atoms with Gasteiger partial charge in [-0.2, -0.15) is 8.78 Å². The molecule has 4 atom stereocenters. The second kappa shape index (κ2) is 7.09. The van der Waals surface area contributed by atoms with Gasteiger partial charge in [0, 0.05) is 24.9 Å². The number of ether oxygens (including phenoxy) is 2. The third-order valence-corrected chi connectivity index (χ3v) is 4.71. The summed E-state index contributed by atoms with van der Waals surface area (Å²) in [5, 5.41) is 0. The fraction of sp³-hybridized carbons (Fsp3) is 0.562. The molecule has 0 N–H and O–H groups in total. The van der Waals surface area contributed by atoms with Crippen molar-refractivity contribution in [1.82, 2.24) is 4.90 Å². The van der Waals surface area contributed by atoms with Crippen molar-refractivity contribution in [1.29, 1.82) is 0 Å². The van der Waals surface area contributed by atoms with Crippen LogP contribution in [-0.4, -0.2) is 34.7 Å². The summed E-state index contributed by atoms with van der Waals surface area (Å²) in [5.41, 5.74) is -0.816. The third kappa shape index (κ3) is 3.28. The van der Waals surface area contributed by atoms with Crippen molar-refractivity contribution in [3.8, 4) is 5.75 Å². The lowest BCUT2D eigenvalue weighted by atomic mass is 10.00. The predicted molar refractivity (Wildman–Crippen MR) is 80.3 cm³/mol. The fourth-order valence-electron chi connectivity index (χ4n) is 3.58. The van der Waals surface area contributed by atoms with Gasteiger partial charge in [0.25, 0.3) is 0 Å². The molecule has 2 bridgehead atoms. The highest BCUT2D eigenvalue weighted by molar-refractivity contribution is 6.19. The predicted octanol–water partition coefficient (Wildman–Crippen LogP) is 4.48. The minimum Gasteiger partial charge on any atom is -0.484 e. The second-order valence-corrected chi connectivity index (χ2v) is 6.94. The van der Waals surface area contributed by atoms with Gasteiger partial charge in [-0.25, -0.2) is 18.0 Å². The molecule has 3 rings (SSSR count). The number of fused-ring (bicyclic) bond motifs is 2. The lowest BCUT2D eigenvalue weighted by Gasteiger charge is -2.38. The number of carbonyl (C=O) groups excluding carboxylic acids is 1. The molecule has 1 unspecified atom stereocenters. The SMILES string of the molecule is CC(Cl)OC(=O)N1[C@@H]2CC[C@H]1C[C@@H](Oc1c(F)c(F)c(F)c(F)c1F)C2. The van der Waals surface area contributed by atoms with E-state index in [1.165, 1.54) is 11.8 Å². The summed E-state index contributed by atoms with van der Waals surface area (Å²) in [6.45, 7) is 1.49. The zero-order valence-electron chi connectivity index (χ0n) is 13.6. The number of nitrogens with zero attached hydrogens (tertiary/aromatic N) is 1. The molecule has 1 aromatic carbocycles. The molecule has 2 fully saturated rings. The molecule has 1 aromatic rings. The van der Waals surface area contributed by atoms with Gasteiger partial charge in [-0.3, -0.25) is 0 Å². The maximum atomic E-state index is 13.8. The number of rotatable bonds is 3. The monoisotopic (exact) mass is 399 g/mol. The van der Waals surface area contributed by atoms with Gasteiger partial charge in [0.2, 0.25) is 29.1 Å². The molecular weight excluding hydrogens is 385 g/mol. The lowest BCUT2D eigenvalue weighted by Crippen LogP contribution is -2.49. The van der Waals surface area contributed by atoms with E-state index < -0.39 is 52.6 Å². The number of hydrogen-bond acceptors (Lipinski definition) is 3. The molecule has 1 amide bonds. The zero-order valence-corrected chi connectivity index (χ0v) is 14.3. The summed E-state index contributed by atoms with van der Waals surface area (Å²) in [6.07, 6.45) is 0.206. The van der Waals surface area contributed by atoms with Crippen LogP contribution in [0.4, 0.5) is 26.7 Å². The van der Waals surface area contributed by atoms with Gasteiger partial charge in [-0.05, 0) is 19.8 Å². The van der Waals surface area contributed by atoms with E-state index in [1.807, 2.05) is 0 Å². The van der Waals surface area contributed by atoms with E-state index in [4.69, 9.17) is 21.1 Å². The smallest absolute Gasteiger partial charge is 0.411 e. The van der Waals surface area contributed by atoms with Crippen LogP contribution in [0.25, 0.3) is 0 Å². The highest BCUT2D eigenvalue weighted by Crippen LogP contribution is 2.39. The molecule has 2 aliphatic rings. The number of amides is 1. The van der Waals surface area contributed by atoms with Crippen LogP contribution in [0.2, 0.25) is 0 Å². The van der Waals surface area contributed by atoms with Crippen LogP contribution < -0.4 is 4.74 Å². The van der Waals surface area contributed by atoms with Crippen molar-refractivity contribution < 1.29 is 36.2 Å². The standard InChI is InChI=1S/C16H15ClF5NO3/c1-6(17)25-16(24)23-7-2-3-8(23)5-9(4-7)26-15-13(21)11(19)10(18)12(20)14(15)22/h6-9H,2-5H2,1H3/t6?,7-,8+,9+. The Morgan fingerprint density at radius 3 is 1.92 bits per heavy atom.